The van der Waals surface area contributed by atoms with Crippen LogP contribution in [-0.4, -0.2) is 37.8 Å². The third-order valence-corrected chi connectivity index (χ3v) is 8.52. The van der Waals surface area contributed by atoms with Gasteiger partial charge in [0.2, 0.25) is 5.91 Å². The van der Waals surface area contributed by atoms with E-state index in [9.17, 15) is 13.2 Å². The summed E-state index contributed by atoms with van der Waals surface area (Å²) in [7, 11) is -3.44. The smallest absolute Gasteiger partial charge is 0.252 e. The van der Waals surface area contributed by atoms with Crippen LogP contribution >= 0.6 is 27.3 Å². The predicted octanol–water partition coefficient (Wildman–Crippen LogP) is 3.85. The molecule has 1 fully saturated rings. The van der Waals surface area contributed by atoms with E-state index in [1.54, 1.807) is 12.1 Å². The molecule has 0 aromatic carbocycles. The summed E-state index contributed by atoms with van der Waals surface area (Å²) < 4.78 is 27.9. The number of piperidine rings is 1. The highest BCUT2D eigenvalue weighted by Crippen LogP contribution is 2.30. The van der Waals surface area contributed by atoms with E-state index in [2.05, 4.69) is 35.1 Å². The minimum Gasteiger partial charge on any atom is -0.353 e. The Morgan fingerprint density at radius 2 is 1.92 bits per heavy atom. The van der Waals surface area contributed by atoms with Crippen molar-refractivity contribution in [1.82, 2.24) is 9.62 Å². The lowest BCUT2D eigenvalue weighted by Crippen LogP contribution is -2.44. The van der Waals surface area contributed by atoms with Crippen LogP contribution in [-0.2, 0) is 14.8 Å². The van der Waals surface area contributed by atoms with Crippen molar-refractivity contribution in [2.75, 3.05) is 13.1 Å². The van der Waals surface area contributed by atoms with Gasteiger partial charge in [0.1, 0.15) is 4.21 Å². The fourth-order valence-corrected chi connectivity index (χ4v) is 6.57. The molecule has 0 aliphatic carbocycles. The number of rotatable bonds is 7. The SMILES string of the molecule is CC(C)CCC(C)NC(=O)C1CCN(S(=O)(=O)c2ccc(Br)s2)CC1. The molecule has 0 saturated carbocycles. The van der Waals surface area contributed by atoms with E-state index < -0.39 is 10.0 Å². The standard InChI is InChI=1S/C17H27BrN2O3S2/c1-12(2)4-5-13(3)19-17(21)14-8-10-20(11-9-14)25(22,23)16-7-6-15(18)24-16/h6-7,12-14H,4-5,8-11H2,1-3H3,(H,19,21). The van der Waals surface area contributed by atoms with Crippen LogP contribution in [0.5, 0.6) is 0 Å². The summed E-state index contributed by atoms with van der Waals surface area (Å²) in [5.41, 5.74) is 0. The van der Waals surface area contributed by atoms with E-state index in [1.165, 1.54) is 15.6 Å². The Bertz CT molecular complexity index is 680. The lowest BCUT2D eigenvalue weighted by atomic mass is 9.96. The molecule has 142 valence electrons. The zero-order valence-electron chi connectivity index (χ0n) is 15.0. The van der Waals surface area contributed by atoms with Crippen molar-refractivity contribution in [3.63, 3.8) is 0 Å². The zero-order chi connectivity index (χ0) is 18.6. The Hall–Kier alpha value is -0.440. The molecule has 1 aromatic heterocycles. The van der Waals surface area contributed by atoms with Crippen molar-refractivity contribution in [3.05, 3.63) is 15.9 Å². The Kier molecular flexibility index (Phi) is 7.49. The molecule has 1 N–H and O–H groups in total. The van der Waals surface area contributed by atoms with Gasteiger partial charge in [-0.05, 0) is 66.6 Å². The van der Waals surface area contributed by atoms with Crippen molar-refractivity contribution >= 4 is 43.2 Å². The maximum Gasteiger partial charge on any atom is 0.252 e. The molecule has 1 atom stereocenters. The average Bonchev–Trinajstić information content (AvgIpc) is 3.00. The molecular weight excluding hydrogens is 424 g/mol. The van der Waals surface area contributed by atoms with E-state index in [-0.39, 0.29) is 17.9 Å². The van der Waals surface area contributed by atoms with Gasteiger partial charge in [-0.2, -0.15) is 4.31 Å². The van der Waals surface area contributed by atoms with Crippen LogP contribution in [0, 0.1) is 11.8 Å². The number of hydrogen-bond donors (Lipinski definition) is 1. The molecule has 1 aliphatic rings. The first-order chi connectivity index (χ1) is 11.7. The molecule has 1 aliphatic heterocycles. The number of carbonyl (C=O) groups is 1. The molecule has 2 heterocycles. The number of carbonyl (C=O) groups excluding carboxylic acids is 1. The van der Waals surface area contributed by atoms with Gasteiger partial charge >= 0.3 is 0 Å². The Balaban J connectivity index is 1.85. The van der Waals surface area contributed by atoms with Gasteiger partial charge in [-0.15, -0.1) is 11.3 Å². The summed E-state index contributed by atoms with van der Waals surface area (Å²) in [5.74, 6) is 0.597. The van der Waals surface area contributed by atoms with Crippen LogP contribution in [0.2, 0.25) is 0 Å². The molecule has 0 bridgehead atoms. The van der Waals surface area contributed by atoms with Crippen molar-refractivity contribution in [1.29, 1.82) is 0 Å². The number of thiophene rings is 1. The summed E-state index contributed by atoms with van der Waals surface area (Å²) in [6.45, 7) is 7.19. The molecule has 1 amide bonds. The number of nitrogens with zero attached hydrogens (tertiary/aromatic N) is 1. The fourth-order valence-electron chi connectivity index (χ4n) is 2.94. The predicted molar refractivity (Wildman–Crippen MR) is 105 cm³/mol. The number of amides is 1. The highest BCUT2D eigenvalue weighted by molar-refractivity contribution is 9.11. The second-order valence-electron chi connectivity index (χ2n) is 7.12. The van der Waals surface area contributed by atoms with Gasteiger partial charge in [-0.1, -0.05) is 13.8 Å². The summed E-state index contributed by atoms with van der Waals surface area (Å²) >= 11 is 4.52. The average molecular weight is 451 g/mol. The minimum absolute atomic E-state index is 0.0622. The quantitative estimate of drug-likeness (QED) is 0.685. The number of sulfonamides is 1. The largest absolute Gasteiger partial charge is 0.353 e. The van der Waals surface area contributed by atoms with E-state index >= 15 is 0 Å². The maximum atomic E-state index is 12.6. The van der Waals surface area contributed by atoms with Crippen LogP contribution < -0.4 is 5.32 Å². The molecule has 2 rings (SSSR count). The molecular formula is C17H27BrN2O3S2. The molecule has 8 heteroatoms. The Labute approximate surface area is 163 Å². The highest BCUT2D eigenvalue weighted by Gasteiger charge is 2.33. The molecule has 1 saturated heterocycles. The van der Waals surface area contributed by atoms with Crippen LogP contribution in [0.15, 0.2) is 20.1 Å². The summed E-state index contributed by atoms with van der Waals surface area (Å²) in [5, 5.41) is 3.08. The summed E-state index contributed by atoms with van der Waals surface area (Å²) in [6, 6.07) is 3.54. The lowest BCUT2D eigenvalue weighted by Gasteiger charge is -2.30. The van der Waals surface area contributed by atoms with Gasteiger partial charge in [-0.25, -0.2) is 8.42 Å². The van der Waals surface area contributed by atoms with Crippen molar-refractivity contribution in [2.45, 2.75) is 56.7 Å². The van der Waals surface area contributed by atoms with Crippen molar-refractivity contribution < 1.29 is 13.2 Å². The van der Waals surface area contributed by atoms with Crippen LogP contribution in [0.1, 0.15) is 46.5 Å². The summed E-state index contributed by atoms with van der Waals surface area (Å²) in [6.07, 6.45) is 3.22. The Morgan fingerprint density at radius 3 is 2.44 bits per heavy atom. The second kappa shape index (κ2) is 8.97. The van der Waals surface area contributed by atoms with Crippen LogP contribution in [0.3, 0.4) is 0 Å². The third-order valence-electron chi connectivity index (χ3n) is 4.53. The van der Waals surface area contributed by atoms with Crippen LogP contribution in [0.25, 0.3) is 0 Å². The molecule has 0 radical (unpaired) electrons. The van der Waals surface area contributed by atoms with E-state index in [4.69, 9.17) is 0 Å². The second-order valence-corrected chi connectivity index (χ2v) is 11.7. The number of halogens is 1. The van der Waals surface area contributed by atoms with Gasteiger partial charge in [0, 0.05) is 25.0 Å². The topological polar surface area (TPSA) is 66.5 Å². The maximum absolute atomic E-state index is 12.6. The van der Waals surface area contributed by atoms with E-state index in [1.807, 2.05) is 6.92 Å². The first kappa shape index (κ1) is 20.9. The van der Waals surface area contributed by atoms with Gasteiger partial charge in [0.15, 0.2) is 0 Å². The zero-order valence-corrected chi connectivity index (χ0v) is 18.2. The molecule has 0 spiro atoms. The molecule has 1 aromatic rings. The van der Waals surface area contributed by atoms with Gasteiger partial charge in [0.25, 0.3) is 10.0 Å². The highest BCUT2D eigenvalue weighted by atomic mass is 79.9. The summed E-state index contributed by atoms with van der Waals surface area (Å²) in [4.78, 5) is 12.4. The first-order valence-corrected chi connectivity index (χ1v) is 11.8. The van der Waals surface area contributed by atoms with Gasteiger partial charge in [-0.3, -0.25) is 4.79 Å². The molecule has 25 heavy (non-hydrogen) atoms. The number of nitrogens with one attached hydrogen (secondary N) is 1. The third kappa shape index (κ3) is 5.77. The molecule has 1 unspecified atom stereocenters. The normalized spacial score (nSPS) is 18.4. The van der Waals surface area contributed by atoms with E-state index in [0.717, 1.165) is 16.6 Å². The lowest BCUT2D eigenvalue weighted by molar-refractivity contribution is -0.126. The van der Waals surface area contributed by atoms with Gasteiger partial charge < -0.3 is 5.32 Å². The van der Waals surface area contributed by atoms with Crippen molar-refractivity contribution in [2.24, 2.45) is 11.8 Å². The molecule has 5 nitrogen and oxygen atoms in total. The number of hydrogen-bond acceptors (Lipinski definition) is 4. The fraction of sp³-hybridized carbons (Fsp3) is 0.706. The monoisotopic (exact) mass is 450 g/mol. The Morgan fingerprint density at radius 1 is 1.28 bits per heavy atom. The van der Waals surface area contributed by atoms with E-state index in [0.29, 0.717) is 36.1 Å². The first-order valence-electron chi connectivity index (χ1n) is 8.76. The minimum atomic E-state index is -3.44. The van der Waals surface area contributed by atoms with Crippen molar-refractivity contribution in [3.8, 4) is 0 Å². The van der Waals surface area contributed by atoms with Crippen LogP contribution in [0.4, 0.5) is 0 Å². The van der Waals surface area contributed by atoms with Gasteiger partial charge in [0.05, 0.1) is 3.79 Å².